The predicted molar refractivity (Wildman–Crippen MR) is 99.3 cm³/mol. The number of hydrogen-bond acceptors (Lipinski definition) is 5. The van der Waals surface area contributed by atoms with Crippen molar-refractivity contribution in [3.63, 3.8) is 0 Å². The number of ether oxygens (including phenoxy) is 2. The van der Waals surface area contributed by atoms with Crippen LogP contribution < -0.4 is 4.74 Å². The first-order chi connectivity index (χ1) is 12.4. The zero-order valence-corrected chi connectivity index (χ0v) is 15.9. The second-order valence-corrected chi connectivity index (χ2v) is 7.87. The van der Waals surface area contributed by atoms with E-state index in [9.17, 15) is 4.79 Å². The molecule has 6 heteroatoms. The molecule has 0 radical (unpaired) electrons. The van der Waals surface area contributed by atoms with E-state index in [1.807, 2.05) is 49.9 Å². The van der Waals surface area contributed by atoms with Gasteiger partial charge in [0.15, 0.2) is 5.58 Å². The SMILES string of the molecule is CC(C)(C)OC(=O)N1CCCC(CCCOc2nc3ccccc3o2)C1. The van der Waals surface area contributed by atoms with Crippen LogP contribution in [-0.2, 0) is 4.74 Å². The lowest BCUT2D eigenvalue weighted by atomic mass is 9.94. The van der Waals surface area contributed by atoms with Crippen LogP contribution in [0.25, 0.3) is 11.1 Å². The molecule has 0 saturated carbocycles. The highest BCUT2D eigenvalue weighted by atomic mass is 16.6. The van der Waals surface area contributed by atoms with Crippen molar-refractivity contribution >= 4 is 17.2 Å². The van der Waals surface area contributed by atoms with Crippen molar-refractivity contribution < 1.29 is 18.7 Å². The van der Waals surface area contributed by atoms with Crippen molar-refractivity contribution in [3.8, 4) is 6.08 Å². The number of para-hydroxylation sites is 2. The minimum absolute atomic E-state index is 0.204. The van der Waals surface area contributed by atoms with Crippen molar-refractivity contribution in [2.45, 2.75) is 52.1 Å². The Labute approximate surface area is 154 Å². The van der Waals surface area contributed by atoms with E-state index < -0.39 is 5.60 Å². The Balaban J connectivity index is 1.41. The molecule has 0 N–H and O–H groups in total. The minimum Gasteiger partial charge on any atom is -0.450 e. The molecule has 1 aromatic carbocycles. The number of hydrogen-bond donors (Lipinski definition) is 0. The number of oxazole rings is 1. The van der Waals surface area contributed by atoms with E-state index in [1.165, 1.54) is 0 Å². The van der Waals surface area contributed by atoms with E-state index in [0.717, 1.165) is 49.9 Å². The zero-order valence-electron chi connectivity index (χ0n) is 15.9. The van der Waals surface area contributed by atoms with Crippen LogP contribution in [0.4, 0.5) is 4.79 Å². The third-order valence-corrected chi connectivity index (χ3v) is 4.43. The first-order valence-electron chi connectivity index (χ1n) is 9.37. The van der Waals surface area contributed by atoms with Gasteiger partial charge in [-0.15, -0.1) is 0 Å². The molecule has 1 atom stereocenters. The minimum atomic E-state index is -0.447. The number of aromatic nitrogens is 1. The third-order valence-electron chi connectivity index (χ3n) is 4.43. The van der Waals surface area contributed by atoms with Crippen LogP contribution in [0, 0.1) is 5.92 Å². The number of likely N-dealkylation sites (tertiary alicyclic amines) is 1. The van der Waals surface area contributed by atoms with E-state index >= 15 is 0 Å². The Morgan fingerprint density at radius 3 is 2.92 bits per heavy atom. The van der Waals surface area contributed by atoms with Crippen LogP contribution in [0.3, 0.4) is 0 Å². The van der Waals surface area contributed by atoms with Gasteiger partial charge in [-0.05, 0) is 64.5 Å². The topological polar surface area (TPSA) is 64.8 Å². The molecule has 1 aliphatic heterocycles. The fraction of sp³-hybridized carbons (Fsp3) is 0.600. The summed E-state index contributed by atoms with van der Waals surface area (Å²) >= 11 is 0. The van der Waals surface area contributed by atoms with Crippen molar-refractivity contribution in [1.82, 2.24) is 9.88 Å². The molecule has 1 unspecified atom stereocenters. The van der Waals surface area contributed by atoms with Gasteiger partial charge in [-0.25, -0.2) is 4.79 Å². The van der Waals surface area contributed by atoms with Crippen LogP contribution in [0.2, 0.25) is 0 Å². The molecular formula is C20H28N2O4. The van der Waals surface area contributed by atoms with E-state index in [2.05, 4.69) is 4.98 Å². The van der Waals surface area contributed by atoms with Gasteiger partial charge < -0.3 is 18.8 Å². The molecule has 1 saturated heterocycles. The highest BCUT2D eigenvalue weighted by Crippen LogP contribution is 2.24. The fourth-order valence-corrected chi connectivity index (χ4v) is 3.24. The predicted octanol–water partition coefficient (Wildman–Crippen LogP) is 4.63. The largest absolute Gasteiger partial charge is 0.450 e. The maximum Gasteiger partial charge on any atom is 0.410 e. The van der Waals surface area contributed by atoms with Gasteiger partial charge in [0.05, 0.1) is 6.61 Å². The molecule has 1 aromatic heterocycles. The summed E-state index contributed by atoms with van der Waals surface area (Å²) in [6.45, 7) is 7.81. The van der Waals surface area contributed by atoms with E-state index in [1.54, 1.807) is 0 Å². The van der Waals surface area contributed by atoms with Gasteiger partial charge in [0.2, 0.25) is 0 Å². The molecule has 1 fully saturated rings. The molecule has 6 nitrogen and oxygen atoms in total. The Morgan fingerprint density at radius 2 is 2.15 bits per heavy atom. The van der Waals surface area contributed by atoms with Crippen molar-refractivity contribution in [2.24, 2.45) is 5.92 Å². The van der Waals surface area contributed by atoms with Crippen molar-refractivity contribution in [2.75, 3.05) is 19.7 Å². The number of rotatable bonds is 5. The Bertz CT molecular complexity index is 702. The summed E-state index contributed by atoms with van der Waals surface area (Å²) in [6, 6.07) is 7.62. The molecule has 0 aliphatic carbocycles. The number of piperidine rings is 1. The Hall–Kier alpha value is -2.24. The first-order valence-corrected chi connectivity index (χ1v) is 9.37. The highest BCUT2D eigenvalue weighted by molar-refractivity contribution is 5.72. The van der Waals surface area contributed by atoms with E-state index in [-0.39, 0.29) is 6.09 Å². The lowest BCUT2D eigenvalue weighted by molar-refractivity contribution is 0.0159. The lowest BCUT2D eigenvalue weighted by Gasteiger charge is -2.34. The quantitative estimate of drug-likeness (QED) is 0.727. The van der Waals surface area contributed by atoms with Crippen molar-refractivity contribution in [3.05, 3.63) is 24.3 Å². The van der Waals surface area contributed by atoms with Gasteiger partial charge in [-0.3, -0.25) is 0 Å². The molecular weight excluding hydrogens is 332 g/mol. The normalized spacial score (nSPS) is 18.1. The van der Waals surface area contributed by atoms with Crippen LogP contribution in [-0.4, -0.2) is 41.3 Å². The zero-order chi connectivity index (χ0) is 18.6. The van der Waals surface area contributed by atoms with Gasteiger partial charge >= 0.3 is 12.2 Å². The highest BCUT2D eigenvalue weighted by Gasteiger charge is 2.27. The van der Waals surface area contributed by atoms with Crippen molar-refractivity contribution in [1.29, 1.82) is 0 Å². The monoisotopic (exact) mass is 360 g/mol. The number of amides is 1. The van der Waals surface area contributed by atoms with Crippen LogP contribution in [0.15, 0.2) is 28.7 Å². The lowest BCUT2D eigenvalue weighted by Crippen LogP contribution is -2.42. The number of carbonyl (C=O) groups is 1. The average molecular weight is 360 g/mol. The van der Waals surface area contributed by atoms with E-state index in [0.29, 0.717) is 18.6 Å². The molecule has 0 spiro atoms. The fourth-order valence-electron chi connectivity index (χ4n) is 3.24. The molecule has 142 valence electrons. The number of benzene rings is 1. The maximum atomic E-state index is 12.2. The summed E-state index contributed by atoms with van der Waals surface area (Å²) < 4.78 is 16.7. The molecule has 2 aromatic rings. The third kappa shape index (κ3) is 5.13. The summed E-state index contributed by atoms with van der Waals surface area (Å²) in [5, 5.41) is 0. The van der Waals surface area contributed by atoms with E-state index in [4.69, 9.17) is 13.9 Å². The summed E-state index contributed by atoms with van der Waals surface area (Å²) in [6.07, 6.45) is 4.21. The van der Waals surface area contributed by atoms with Gasteiger partial charge in [0.1, 0.15) is 11.1 Å². The Morgan fingerprint density at radius 1 is 1.35 bits per heavy atom. The summed E-state index contributed by atoms with van der Waals surface area (Å²) in [5.74, 6) is 0.489. The number of fused-ring (bicyclic) bond motifs is 1. The molecule has 26 heavy (non-hydrogen) atoms. The summed E-state index contributed by atoms with van der Waals surface area (Å²) in [7, 11) is 0. The summed E-state index contributed by atoms with van der Waals surface area (Å²) in [5.41, 5.74) is 1.10. The Kier molecular flexibility index (Phi) is 5.69. The maximum absolute atomic E-state index is 12.2. The second kappa shape index (κ2) is 7.98. The number of carbonyl (C=O) groups excluding carboxylic acids is 1. The van der Waals surface area contributed by atoms with Crippen LogP contribution >= 0.6 is 0 Å². The first kappa shape index (κ1) is 18.5. The molecule has 3 rings (SSSR count). The van der Waals surface area contributed by atoms with Crippen LogP contribution in [0.1, 0.15) is 46.5 Å². The van der Waals surface area contributed by atoms with Gasteiger partial charge in [0.25, 0.3) is 0 Å². The smallest absolute Gasteiger partial charge is 0.410 e. The molecule has 0 bridgehead atoms. The average Bonchev–Trinajstić information content (AvgIpc) is 3.00. The standard InChI is InChI=1S/C20H28N2O4/c1-20(2,3)26-19(23)22-12-6-8-15(14-22)9-7-13-24-18-21-16-10-4-5-11-17(16)25-18/h4-5,10-11,15H,6-9,12-14H2,1-3H3. The van der Waals surface area contributed by atoms with Crippen LogP contribution in [0.5, 0.6) is 6.08 Å². The molecule has 1 amide bonds. The van der Waals surface area contributed by atoms with Gasteiger partial charge in [0, 0.05) is 13.1 Å². The summed E-state index contributed by atoms with van der Waals surface area (Å²) in [4.78, 5) is 18.4. The molecule has 2 heterocycles. The number of nitrogens with zero attached hydrogens (tertiary/aromatic N) is 2. The molecule has 1 aliphatic rings. The second-order valence-electron chi connectivity index (χ2n) is 7.87. The van der Waals surface area contributed by atoms with Gasteiger partial charge in [-0.1, -0.05) is 12.1 Å². The van der Waals surface area contributed by atoms with Gasteiger partial charge in [-0.2, -0.15) is 4.98 Å².